The minimum Gasteiger partial charge on any atom is -0.447 e. The maximum atomic E-state index is 11.8. The largest absolute Gasteiger partial charge is 0.513 e. The summed E-state index contributed by atoms with van der Waals surface area (Å²) in [4.78, 5) is 23.5. The van der Waals surface area contributed by atoms with Crippen molar-refractivity contribution >= 4 is 12.2 Å². The van der Waals surface area contributed by atoms with Gasteiger partial charge in [0.25, 0.3) is 0 Å². The molecule has 1 fully saturated rings. The lowest BCUT2D eigenvalue weighted by Gasteiger charge is -2.34. The molecule has 2 rings (SSSR count). The predicted molar refractivity (Wildman–Crippen MR) is 151 cm³/mol. The Morgan fingerprint density at radius 2 is 1.21 bits per heavy atom. The van der Waals surface area contributed by atoms with Crippen LogP contribution in [0.4, 0.5) is 9.59 Å². The second-order valence-corrected chi connectivity index (χ2v) is 10.4. The van der Waals surface area contributed by atoms with Gasteiger partial charge in [0.15, 0.2) is 0 Å². The number of carbonyl (C=O) groups is 2. The molecule has 0 bridgehead atoms. The lowest BCUT2D eigenvalue weighted by molar-refractivity contribution is -0.159. The van der Waals surface area contributed by atoms with Gasteiger partial charge < -0.3 is 24.3 Å². The van der Waals surface area contributed by atoms with E-state index in [1.54, 1.807) is 24.3 Å². The van der Waals surface area contributed by atoms with Crippen LogP contribution in [0.5, 0.6) is 5.75 Å². The van der Waals surface area contributed by atoms with Gasteiger partial charge >= 0.3 is 12.2 Å². The van der Waals surface area contributed by atoms with E-state index in [-0.39, 0.29) is 25.4 Å². The summed E-state index contributed by atoms with van der Waals surface area (Å²) in [5.74, 6) is 0.434. The number of para-hydroxylation sites is 1. The van der Waals surface area contributed by atoms with Gasteiger partial charge in [-0.3, -0.25) is 0 Å². The summed E-state index contributed by atoms with van der Waals surface area (Å²) >= 11 is 0. The van der Waals surface area contributed by atoms with Gasteiger partial charge in [-0.25, -0.2) is 9.59 Å². The zero-order valence-electron chi connectivity index (χ0n) is 23.6. The van der Waals surface area contributed by atoms with Crippen LogP contribution in [0.2, 0.25) is 0 Å². The quantitative estimate of drug-likeness (QED) is 0.0916. The van der Waals surface area contributed by atoms with Crippen LogP contribution in [0.15, 0.2) is 30.3 Å². The van der Waals surface area contributed by atoms with Gasteiger partial charge in [-0.05, 0) is 18.6 Å². The molecule has 2 unspecified atom stereocenters. The van der Waals surface area contributed by atoms with Crippen LogP contribution in [0, 0.1) is 0 Å². The Kier molecular flexibility index (Phi) is 18.2. The number of carbonyl (C=O) groups excluding carboxylic acids is 2. The lowest BCUT2D eigenvalue weighted by atomic mass is 10.0. The highest BCUT2D eigenvalue weighted by molar-refractivity contribution is 5.67. The summed E-state index contributed by atoms with van der Waals surface area (Å²) in [6, 6.07) is 8.75. The first-order valence-corrected chi connectivity index (χ1v) is 15.1. The van der Waals surface area contributed by atoms with Crippen LogP contribution >= 0.6 is 0 Å². The number of alkyl carbamates (subject to hydrolysis) is 1. The number of hydrogen-bond acceptors (Lipinski definition) is 6. The molecule has 2 atom stereocenters. The molecule has 0 radical (unpaired) electrons. The number of unbranched alkanes of at least 4 members (excludes halogenated alkanes) is 15. The van der Waals surface area contributed by atoms with E-state index in [1.807, 2.05) is 6.07 Å². The molecule has 1 aromatic rings. The van der Waals surface area contributed by atoms with Crippen LogP contribution < -0.4 is 10.1 Å². The zero-order valence-corrected chi connectivity index (χ0v) is 23.6. The van der Waals surface area contributed by atoms with Crippen molar-refractivity contribution in [3.8, 4) is 5.75 Å². The Balaban J connectivity index is 1.28. The average molecular weight is 534 g/mol. The summed E-state index contributed by atoms with van der Waals surface area (Å²) in [6.45, 7) is 3.24. The van der Waals surface area contributed by atoms with E-state index >= 15 is 0 Å². The molecule has 216 valence electrons. The van der Waals surface area contributed by atoms with Crippen LogP contribution in [-0.4, -0.2) is 44.2 Å². The minimum absolute atomic E-state index is 0.119. The molecule has 0 spiro atoms. The highest BCUT2D eigenvalue weighted by atomic mass is 16.7. The molecular weight excluding hydrogens is 482 g/mol. The van der Waals surface area contributed by atoms with Crippen LogP contribution in [-0.2, 0) is 14.2 Å². The lowest BCUT2D eigenvalue weighted by Crippen LogP contribution is -2.44. The van der Waals surface area contributed by atoms with Gasteiger partial charge in [-0.1, -0.05) is 121 Å². The van der Waals surface area contributed by atoms with E-state index in [2.05, 4.69) is 12.2 Å². The van der Waals surface area contributed by atoms with Gasteiger partial charge in [0.2, 0.25) is 0 Å². The molecule has 7 nitrogen and oxygen atoms in total. The average Bonchev–Trinajstić information content (AvgIpc) is 2.89. The number of nitrogens with one attached hydrogen (secondary N) is 1. The standard InChI is InChI=1S/C31H51NO6/c1-2-3-4-5-6-7-8-9-10-11-12-13-14-15-16-20-23-32-30(33)35-25-28-24-29(37-28)26-36-31(34)38-27-21-18-17-19-22-27/h17-19,21-22,28-29H,2-16,20,23-26H2,1H3,(H,32,33). The molecule has 1 heterocycles. The van der Waals surface area contributed by atoms with Gasteiger partial charge in [-0.2, -0.15) is 0 Å². The first-order valence-electron chi connectivity index (χ1n) is 15.1. The van der Waals surface area contributed by atoms with E-state index in [4.69, 9.17) is 18.9 Å². The van der Waals surface area contributed by atoms with Crippen LogP contribution in [0.1, 0.15) is 116 Å². The zero-order chi connectivity index (χ0) is 27.1. The van der Waals surface area contributed by atoms with Crippen molar-refractivity contribution < 1.29 is 28.5 Å². The van der Waals surface area contributed by atoms with Crippen molar-refractivity contribution in [3.63, 3.8) is 0 Å². The van der Waals surface area contributed by atoms with Crippen molar-refractivity contribution in [2.45, 2.75) is 128 Å². The van der Waals surface area contributed by atoms with Gasteiger partial charge in [0.05, 0.1) is 12.2 Å². The number of hydrogen-bond donors (Lipinski definition) is 1. The number of amides is 1. The van der Waals surface area contributed by atoms with Gasteiger partial charge in [0.1, 0.15) is 19.0 Å². The van der Waals surface area contributed by atoms with Crippen molar-refractivity contribution in [1.82, 2.24) is 5.32 Å². The molecule has 38 heavy (non-hydrogen) atoms. The Morgan fingerprint density at radius 3 is 1.74 bits per heavy atom. The topological polar surface area (TPSA) is 83.1 Å². The summed E-state index contributed by atoms with van der Waals surface area (Å²) in [5.41, 5.74) is 0. The highest BCUT2D eigenvalue weighted by Gasteiger charge is 2.32. The smallest absolute Gasteiger partial charge is 0.447 e. The van der Waals surface area contributed by atoms with Crippen molar-refractivity contribution in [2.24, 2.45) is 0 Å². The Labute approximate surface area is 230 Å². The molecule has 0 saturated carbocycles. The molecule has 1 aromatic carbocycles. The Bertz CT molecular complexity index is 722. The minimum atomic E-state index is -0.757. The van der Waals surface area contributed by atoms with Crippen LogP contribution in [0.25, 0.3) is 0 Å². The van der Waals surface area contributed by atoms with E-state index in [9.17, 15) is 9.59 Å². The van der Waals surface area contributed by atoms with Gasteiger partial charge in [-0.15, -0.1) is 0 Å². The van der Waals surface area contributed by atoms with Crippen molar-refractivity contribution in [2.75, 3.05) is 19.8 Å². The van der Waals surface area contributed by atoms with E-state index in [0.29, 0.717) is 18.7 Å². The van der Waals surface area contributed by atoms with E-state index in [1.165, 1.54) is 89.9 Å². The fraction of sp³-hybridized carbons (Fsp3) is 0.742. The molecule has 7 heteroatoms. The maximum absolute atomic E-state index is 11.8. The molecule has 1 amide bonds. The molecular formula is C31H51NO6. The van der Waals surface area contributed by atoms with E-state index in [0.717, 1.165) is 12.8 Å². The summed E-state index contributed by atoms with van der Waals surface area (Å²) < 4.78 is 20.9. The predicted octanol–water partition coefficient (Wildman–Crippen LogP) is 8.35. The first-order chi connectivity index (χ1) is 18.7. The summed E-state index contributed by atoms with van der Waals surface area (Å²) in [5, 5.41) is 2.81. The normalized spacial score (nSPS) is 16.4. The summed E-state index contributed by atoms with van der Waals surface area (Å²) in [6.07, 6.45) is 20.5. The Morgan fingerprint density at radius 1 is 0.737 bits per heavy atom. The molecule has 1 aliphatic rings. The maximum Gasteiger partial charge on any atom is 0.513 e. The molecule has 0 aromatic heterocycles. The molecule has 1 aliphatic heterocycles. The summed E-state index contributed by atoms with van der Waals surface area (Å²) in [7, 11) is 0. The monoisotopic (exact) mass is 533 g/mol. The third-order valence-corrected chi connectivity index (χ3v) is 6.94. The van der Waals surface area contributed by atoms with Crippen LogP contribution in [0.3, 0.4) is 0 Å². The molecule has 1 N–H and O–H groups in total. The second kappa shape index (κ2) is 21.6. The number of benzene rings is 1. The first kappa shape index (κ1) is 31.9. The number of ether oxygens (including phenoxy) is 4. The highest BCUT2D eigenvalue weighted by Crippen LogP contribution is 2.21. The third-order valence-electron chi connectivity index (χ3n) is 6.94. The van der Waals surface area contributed by atoms with Crippen molar-refractivity contribution in [3.05, 3.63) is 30.3 Å². The number of rotatable bonds is 22. The fourth-order valence-electron chi connectivity index (χ4n) is 4.63. The Hall–Kier alpha value is -2.28. The van der Waals surface area contributed by atoms with Crippen molar-refractivity contribution in [1.29, 1.82) is 0 Å². The van der Waals surface area contributed by atoms with E-state index < -0.39 is 12.2 Å². The SMILES string of the molecule is CCCCCCCCCCCCCCCCCCNC(=O)OCC1CC(COC(=O)Oc2ccccc2)O1. The second-order valence-electron chi connectivity index (χ2n) is 10.4. The molecule has 1 saturated heterocycles. The fourth-order valence-corrected chi connectivity index (χ4v) is 4.63. The molecule has 0 aliphatic carbocycles. The van der Waals surface area contributed by atoms with Gasteiger partial charge in [0, 0.05) is 13.0 Å². The third kappa shape index (κ3) is 16.5.